The Kier molecular flexibility index (Phi) is 3.43. The number of carbonyl (C=O) groups is 3. The van der Waals surface area contributed by atoms with E-state index in [9.17, 15) is 14.4 Å². The molecule has 3 amide bonds. The Morgan fingerprint density at radius 2 is 2.00 bits per heavy atom. The van der Waals surface area contributed by atoms with E-state index in [4.69, 9.17) is 5.26 Å². The van der Waals surface area contributed by atoms with Gasteiger partial charge in [-0.1, -0.05) is 6.07 Å². The van der Waals surface area contributed by atoms with Crippen LogP contribution in [-0.4, -0.2) is 17.7 Å². The quantitative estimate of drug-likeness (QED) is 0.644. The fourth-order valence-corrected chi connectivity index (χ4v) is 1.67. The van der Waals surface area contributed by atoms with Gasteiger partial charge in [0.15, 0.2) is 0 Å². The summed E-state index contributed by atoms with van der Waals surface area (Å²) >= 11 is 0. The number of hydrogen-bond donors (Lipinski definition) is 3. The van der Waals surface area contributed by atoms with E-state index < -0.39 is 23.6 Å². The second kappa shape index (κ2) is 5.18. The smallest absolute Gasteiger partial charge is 0.251 e. The Balaban J connectivity index is 1.99. The molecule has 1 aromatic carbocycles. The van der Waals surface area contributed by atoms with Gasteiger partial charge in [0.2, 0.25) is 5.91 Å². The normalized spacial score (nSPS) is 14.5. The molecule has 96 valence electrons. The van der Waals surface area contributed by atoms with Gasteiger partial charge in [-0.15, -0.1) is 0 Å². The lowest BCUT2D eigenvalue weighted by molar-refractivity contribution is -0.131. The number of nitrogens with one attached hydrogen (secondary N) is 3. The maximum absolute atomic E-state index is 11.7. The first-order valence-electron chi connectivity index (χ1n) is 5.50. The van der Waals surface area contributed by atoms with Gasteiger partial charge in [0.1, 0.15) is 5.92 Å². The molecule has 1 aliphatic heterocycles. The van der Waals surface area contributed by atoms with Crippen molar-refractivity contribution in [3.8, 4) is 6.07 Å². The molecule has 0 spiro atoms. The Bertz CT molecular complexity index is 575. The Morgan fingerprint density at radius 3 is 2.63 bits per heavy atom. The molecule has 1 saturated heterocycles. The molecule has 0 saturated carbocycles. The zero-order valence-corrected chi connectivity index (χ0v) is 9.77. The summed E-state index contributed by atoms with van der Waals surface area (Å²) in [6, 6.07) is 8.31. The average Bonchev–Trinajstić information content (AvgIpc) is 2.71. The van der Waals surface area contributed by atoms with E-state index in [-0.39, 0.29) is 6.42 Å². The van der Waals surface area contributed by atoms with E-state index in [0.29, 0.717) is 11.3 Å². The Hall–Kier alpha value is -2.88. The van der Waals surface area contributed by atoms with Crippen LogP contribution in [0.5, 0.6) is 0 Å². The molecule has 1 aliphatic rings. The van der Waals surface area contributed by atoms with Gasteiger partial charge >= 0.3 is 0 Å². The first-order chi connectivity index (χ1) is 9.10. The fourth-order valence-electron chi connectivity index (χ4n) is 1.67. The summed E-state index contributed by atoms with van der Waals surface area (Å²) in [5, 5.41) is 11.3. The predicted molar refractivity (Wildman–Crippen MR) is 64.2 cm³/mol. The van der Waals surface area contributed by atoms with E-state index in [1.807, 2.05) is 6.07 Å². The van der Waals surface area contributed by atoms with E-state index in [2.05, 4.69) is 16.2 Å². The van der Waals surface area contributed by atoms with Crippen LogP contribution in [0.2, 0.25) is 0 Å². The maximum atomic E-state index is 11.7. The van der Waals surface area contributed by atoms with Crippen LogP contribution in [0.25, 0.3) is 0 Å². The fraction of sp³-hybridized carbons (Fsp3) is 0.167. The van der Waals surface area contributed by atoms with Gasteiger partial charge in [-0.05, 0) is 18.2 Å². The van der Waals surface area contributed by atoms with Crippen molar-refractivity contribution >= 4 is 23.4 Å². The average molecular weight is 258 g/mol. The van der Waals surface area contributed by atoms with Gasteiger partial charge in [-0.3, -0.25) is 25.2 Å². The monoisotopic (exact) mass is 258 g/mol. The SMILES string of the molecule is N#Cc1cccc(NC(=O)CC2C(=O)NNC2=O)c1. The first kappa shape index (κ1) is 12.6. The number of benzene rings is 1. The topological polar surface area (TPSA) is 111 Å². The summed E-state index contributed by atoms with van der Waals surface area (Å²) in [5.41, 5.74) is 5.15. The van der Waals surface area contributed by atoms with E-state index in [0.717, 1.165) is 0 Å². The molecule has 0 atom stereocenters. The van der Waals surface area contributed by atoms with Crippen molar-refractivity contribution < 1.29 is 14.4 Å². The summed E-state index contributed by atoms with van der Waals surface area (Å²) in [4.78, 5) is 34.2. The number of carbonyl (C=O) groups excluding carboxylic acids is 3. The van der Waals surface area contributed by atoms with E-state index in [1.165, 1.54) is 6.07 Å². The van der Waals surface area contributed by atoms with Gasteiger partial charge in [0, 0.05) is 12.1 Å². The second-order valence-electron chi connectivity index (χ2n) is 3.98. The van der Waals surface area contributed by atoms with Crippen LogP contribution in [0.3, 0.4) is 0 Å². The molecule has 0 bridgehead atoms. The molecule has 0 aliphatic carbocycles. The molecule has 3 N–H and O–H groups in total. The highest BCUT2D eigenvalue weighted by molar-refractivity contribution is 6.08. The summed E-state index contributed by atoms with van der Waals surface area (Å²) in [6.07, 6.45) is -0.242. The molecule has 19 heavy (non-hydrogen) atoms. The number of nitriles is 1. The number of anilines is 1. The number of nitrogens with zero attached hydrogens (tertiary/aromatic N) is 1. The molecule has 1 aromatic rings. The van der Waals surface area contributed by atoms with Crippen molar-refractivity contribution in [3.63, 3.8) is 0 Å². The third-order valence-corrected chi connectivity index (χ3v) is 2.61. The van der Waals surface area contributed by atoms with Crippen LogP contribution in [-0.2, 0) is 14.4 Å². The van der Waals surface area contributed by atoms with Gasteiger partial charge < -0.3 is 5.32 Å². The van der Waals surface area contributed by atoms with Crippen molar-refractivity contribution in [3.05, 3.63) is 29.8 Å². The van der Waals surface area contributed by atoms with Crippen LogP contribution in [0, 0.1) is 17.2 Å². The molecule has 0 radical (unpaired) electrons. The molecule has 0 unspecified atom stereocenters. The minimum atomic E-state index is -1.01. The summed E-state index contributed by atoms with van der Waals surface area (Å²) < 4.78 is 0. The van der Waals surface area contributed by atoms with Gasteiger partial charge in [-0.25, -0.2) is 0 Å². The van der Waals surface area contributed by atoms with E-state index in [1.54, 1.807) is 18.2 Å². The Morgan fingerprint density at radius 1 is 1.32 bits per heavy atom. The molecule has 7 heteroatoms. The number of hydrazine groups is 1. The summed E-state index contributed by atoms with van der Waals surface area (Å²) in [7, 11) is 0. The zero-order valence-electron chi connectivity index (χ0n) is 9.77. The highest BCUT2D eigenvalue weighted by Crippen LogP contribution is 2.13. The zero-order chi connectivity index (χ0) is 13.8. The van der Waals surface area contributed by atoms with Crippen LogP contribution >= 0.6 is 0 Å². The lowest BCUT2D eigenvalue weighted by Crippen LogP contribution is -2.28. The Labute approximate surface area is 108 Å². The molecular formula is C12H10N4O3. The van der Waals surface area contributed by atoms with Gasteiger partial charge in [0.05, 0.1) is 11.6 Å². The maximum Gasteiger partial charge on any atom is 0.251 e. The molecule has 1 heterocycles. The third-order valence-electron chi connectivity index (χ3n) is 2.61. The van der Waals surface area contributed by atoms with Crippen LogP contribution in [0.15, 0.2) is 24.3 Å². The van der Waals surface area contributed by atoms with Crippen LogP contribution < -0.4 is 16.2 Å². The summed E-state index contributed by atoms with van der Waals surface area (Å²) in [5.74, 6) is -2.52. The molecule has 2 rings (SSSR count). The first-order valence-corrected chi connectivity index (χ1v) is 5.50. The standard InChI is InChI=1S/C12H10N4O3/c13-6-7-2-1-3-8(4-7)14-10(17)5-9-11(18)15-16-12(9)19/h1-4,9H,5H2,(H,14,17)(H,15,18)(H,16,19). The van der Waals surface area contributed by atoms with Crippen molar-refractivity contribution in [2.45, 2.75) is 6.42 Å². The molecule has 7 nitrogen and oxygen atoms in total. The summed E-state index contributed by atoms with van der Waals surface area (Å²) in [6.45, 7) is 0. The largest absolute Gasteiger partial charge is 0.326 e. The van der Waals surface area contributed by atoms with Crippen molar-refractivity contribution in [1.82, 2.24) is 10.9 Å². The minimum Gasteiger partial charge on any atom is -0.326 e. The van der Waals surface area contributed by atoms with E-state index >= 15 is 0 Å². The molecular weight excluding hydrogens is 248 g/mol. The number of rotatable bonds is 3. The van der Waals surface area contributed by atoms with Crippen LogP contribution in [0.4, 0.5) is 5.69 Å². The third kappa shape index (κ3) is 2.87. The second-order valence-corrected chi connectivity index (χ2v) is 3.98. The van der Waals surface area contributed by atoms with Crippen molar-refractivity contribution in [2.24, 2.45) is 5.92 Å². The molecule has 1 fully saturated rings. The van der Waals surface area contributed by atoms with Crippen LogP contribution in [0.1, 0.15) is 12.0 Å². The number of amides is 3. The minimum absolute atomic E-state index is 0.242. The highest BCUT2D eigenvalue weighted by Gasteiger charge is 2.34. The van der Waals surface area contributed by atoms with Gasteiger partial charge in [0.25, 0.3) is 11.8 Å². The highest BCUT2D eigenvalue weighted by atomic mass is 16.2. The van der Waals surface area contributed by atoms with Crippen molar-refractivity contribution in [1.29, 1.82) is 5.26 Å². The number of hydrogen-bond acceptors (Lipinski definition) is 4. The lowest BCUT2D eigenvalue weighted by Gasteiger charge is -2.06. The predicted octanol–water partition coefficient (Wildman–Crippen LogP) is -0.336. The van der Waals surface area contributed by atoms with Crippen molar-refractivity contribution in [2.75, 3.05) is 5.32 Å². The van der Waals surface area contributed by atoms with Gasteiger partial charge in [-0.2, -0.15) is 5.26 Å². The molecule has 0 aromatic heterocycles. The lowest BCUT2D eigenvalue weighted by atomic mass is 10.1.